The van der Waals surface area contributed by atoms with Crippen molar-refractivity contribution in [2.45, 2.75) is 88.4 Å². The molecule has 0 bridgehead atoms. The normalized spacial score (nSPS) is 18.9. The molecule has 3 aromatic carbocycles. The number of pyridine rings is 1. The average molecular weight is 1030 g/mol. The van der Waals surface area contributed by atoms with Crippen molar-refractivity contribution in [1.82, 2.24) is 28.4 Å². The number of methoxy groups -OCH3 is 1. The van der Waals surface area contributed by atoms with Gasteiger partial charge in [-0.1, -0.05) is 29.3 Å². The van der Waals surface area contributed by atoms with Crippen LogP contribution in [0.25, 0.3) is 22.0 Å². The van der Waals surface area contributed by atoms with Gasteiger partial charge in [-0.15, -0.1) is 0 Å². The van der Waals surface area contributed by atoms with E-state index in [4.69, 9.17) is 14.0 Å². The molecule has 3 aliphatic heterocycles. The topological polar surface area (TPSA) is 139 Å². The number of aromatic nitrogens is 3. The molecular formula is C54H62F4N8O6S. The molecule has 6 aromatic rings. The van der Waals surface area contributed by atoms with Gasteiger partial charge < -0.3 is 43.6 Å². The molecule has 0 amide bonds. The number of benzene rings is 3. The van der Waals surface area contributed by atoms with Crippen LogP contribution in [0.5, 0.6) is 11.5 Å². The fraction of sp³-hybridized carbons (Fsp3) is 0.444. The van der Waals surface area contributed by atoms with Gasteiger partial charge in [-0.3, -0.25) is 4.79 Å². The van der Waals surface area contributed by atoms with Crippen LogP contribution in [-0.4, -0.2) is 128 Å². The zero-order chi connectivity index (χ0) is 51.4. The highest BCUT2D eigenvalue weighted by Crippen LogP contribution is 2.34. The van der Waals surface area contributed by atoms with E-state index in [-0.39, 0.29) is 41.1 Å². The van der Waals surface area contributed by atoms with Crippen LogP contribution in [0.15, 0.2) is 99.3 Å². The number of sulfonamides is 1. The molecule has 0 spiro atoms. The van der Waals surface area contributed by atoms with Gasteiger partial charge >= 0.3 is 6.18 Å². The van der Waals surface area contributed by atoms with Gasteiger partial charge in [0.2, 0.25) is 10.0 Å². The van der Waals surface area contributed by atoms with Gasteiger partial charge in [0.05, 0.1) is 53.7 Å². The zero-order valence-electron chi connectivity index (χ0n) is 41.6. The highest BCUT2D eigenvalue weighted by molar-refractivity contribution is 7.89. The molecule has 3 fully saturated rings. The molecule has 3 aromatic heterocycles. The summed E-state index contributed by atoms with van der Waals surface area (Å²) in [4.78, 5) is 17.3. The molecule has 2 unspecified atom stereocenters. The molecule has 3 aliphatic rings. The molecule has 2 N–H and O–H groups in total. The minimum absolute atomic E-state index is 0.0272. The van der Waals surface area contributed by atoms with E-state index in [2.05, 4.69) is 32.5 Å². The smallest absolute Gasteiger partial charge is 0.406 e. The molecule has 0 saturated carbocycles. The van der Waals surface area contributed by atoms with E-state index in [9.17, 15) is 30.8 Å². The summed E-state index contributed by atoms with van der Waals surface area (Å²) in [7, 11) is -0.540. The van der Waals surface area contributed by atoms with Gasteiger partial charge in [-0.2, -0.15) is 17.5 Å². The summed E-state index contributed by atoms with van der Waals surface area (Å²) in [5.74, 6) is 7.92. The Morgan fingerprint density at radius 1 is 0.904 bits per heavy atom. The number of alkyl halides is 4. The van der Waals surface area contributed by atoms with Crippen LogP contribution in [0.1, 0.15) is 54.8 Å². The second kappa shape index (κ2) is 22.0. The third kappa shape index (κ3) is 12.2. The number of hydrogen-bond acceptors (Lipinski definition) is 11. The minimum atomic E-state index is -4.51. The van der Waals surface area contributed by atoms with Crippen LogP contribution in [-0.2, 0) is 23.1 Å². The molecule has 0 radical (unpaired) electrons. The zero-order valence-corrected chi connectivity index (χ0v) is 42.4. The maximum absolute atomic E-state index is 14.9. The Kier molecular flexibility index (Phi) is 15.6. The predicted octanol–water partition coefficient (Wildman–Crippen LogP) is 8.56. The molecule has 9 rings (SSSR count). The van der Waals surface area contributed by atoms with Crippen molar-refractivity contribution in [2.75, 3.05) is 77.1 Å². The minimum Gasteiger partial charge on any atom is -0.495 e. The highest BCUT2D eigenvalue weighted by atomic mass is 32.2. The fourth-order valence-electron chi connectivity index (χ4n) is 10.4. The van der Waals surface area contributed by atoms with Crippen LogP contribution in [0.4, 0.5) is 28.9 Å². The molecule has 388 valence electrons. The van der Waals surface area contributed by atoms with E-state index in [1.165, 1.54) is 23.5 Å². The van der Waals surface area contributed by atoms with Gasteiger partial charge in [0, 0.05) is 86.3 Å². The number of likely N-dealkylation sites (tertiary alicyclic amines) is 2. The van der Waals surface area contributed by atoms with Crippen LogP contribution in [0, 0.1) is 31.6 Å². The molecular weight excluding hydrogens is 965 g/mol. The number of piperidine rings is 3. The summed E-state index contributed by atoms with van der Waals surface area (Å²) < 4.78 is 106. The number of fused-ring (bicyclic) bond motifs is 1. The second-order valence-corrected chi connectivity index (χ2v) is 21.4. The second-order valence-electron chi connectivity index (χ2n) is 19.5. The maximum atomic E-state index is 14.9. The van der Waals surface area contributed by atoms with E-state index in [1.54, 1.807) is 47.0 Å². The van der Waals surface area contributed by atoms with E-state index < -0.39 is 35.0 Å². The van der Waals surface area contributed by atoms with Gasteiger partial charge in [-0.25, -0.2) is 12.8 Å². The van der Waals surface area contributed by atoms with Gasteiger partial charge in [0.25, 0.3) is 5.56 Å². The van der Waals surface area contributed by atoms with Gasteiger partial charge in [0.15, 0.2) is 0 Å². The van der Waals surface area contributed by atoms with Crippen LogP contribution < -0.4 is 25.7 Å². The quantitative estimate of drug-likeness (QED) is 0.0756. The number of rotatable bonds is 15. The SMILES string of the molecule is COc1cc(S(=O)(=O)N2CCC(CN3CCC(Oc4cccc(Cn5cc(-c6c(C)noc6C)ccc5=O)c4)CC3)CC2)ccc1NCC#Cc1cc2c(NC3CCN(C)CC3F)cccc2n1CC(F)(F)F. The van der Waals surface area contributed by atoms with E-state index in [0.29, 0.717) is 66.6 Å². The first-order chi connectivity index (χ1) is 35.0. The predicted molar refractivity (Wildman–Crippen MR) is 274 cm³/mol. The number of hydrogen-bond donors (Lipinski definition) is 2. The number of nitrogens with zero attached hydrogens (tertiary/aromatic N) is 6. The number of aryl methyl sites for hydroxylation is 2. The standard InChI is InChI=1S/C54H62F4N8O6S/c1-36-53(37(2)72-61-36)40-13-16-52(67)64(33-40)32-39-8-5-10-43(28-39)71-42-19-24-63(25-20-42)31-38-17-26-65(27-18-38)73(68,69)44-14-15-49(51(30-44)70-4)59-22-7-9-41-29-45-47(60-48-21-23-62(3)34-46(48)55)11-6-12-50(45)66(41)35-54(56,57)58/h5-6,8,10-16,28-30,33,38,42,46,48,59-60H,17-27,31-32,34-35H2,1-4H3. The van der Waals surface area contributed by atoms with Crippen molar-refractivity contribution >= 4 is 32.3 Å². The number of halogens is 4. The average Bonchev–Trinajstić information content (AvgIpc) is 3.89. The monoisotopic (exact) mass is 1030 g/mol. The summed E-state index contributed by atoms with van der Waals surface area (Å²) in [6, 6.07) is 22.0. The summed E-state index contributed by atoms with van der Waals surface area (Å²) in [5, 5.41) is 10.9. The maximum Gasteiger partial charge on any atom is 0.406 e. The molecule has 14 nitrogen and oxygen atoms in total. The Labute approximate surface area is 423 Å². The van der Waals surface area contributed by atoms with Crippen molar-refractivity contribution in [3.8, 4) is 34.5 Å². The first kappa shape index (κ1) is 51.6. The van der Waals surface area contributed by atoms with Gasteiger partial charge in [-0.05, 0) is 119 Å². The van der Waals surface area contributed by atoms with Crippen molar-refractivity contribution in [2.24, 2.45) is 5.92 Å². The Hall–Kier alpha value is -6.33. The molecule has 2 atom stereocenters. The van der Waals surface area contributed by atoms with Crippen molar-refractivity contribution < 1.29 is 40.0 Å². The lowest BCUT2D eigenvalue weighted by Crippen LogP contribution is -2.46. The van der Waals surface area contributed by atoms with E-state index in [0.717, 1.165) is 78.0 Å². The lowest BCUT2D eigenvalue weighted by Gasteiger charge is -2.37. The summed E-state index contributed by atoms with van der Waals surface area (Å²) in [6.07, 6.45) is 0.00964. The fourth-order valence-corrected chi connectivity index (χ4v) is 11.9. The van der Waals surface area contributed by atoms with Crippen molar-refractivity contribution in [1.29, 1.82) is 0 Å². The van der Waals surface area contributed by atoms with Crippen LogP contribution >= 0.6 is 0 Å². The molecule has 19 heteroatoms. The number of anilines is 2. The van der Waals surface area contributed by atoms with Crippen molar-refractivity contribution in [3.05, 3.63) is 118 Å². The third-order valence-corrected chi connectivity index (χ3v) is 16.1. The third-order valence-electron chi connectivity index (χ3n) is 14.2. The lowest BCUT2D eigenvalue weighted by molar-refractivity contribution is -0.140. The van der Waals surface area contributed by atoms with E-state index >= 15 is 0 Å². The molecule has 3 saturated heterocycles. The largest absolute Gasteiger partial charge is 0.495 e. The Morgan fingerprint density at radius 3 is 2.41 bits per heavy atom. The van der Waals surface area contributed by atoms with Gasteiger partial charge in [0.1, 0.15) is 36.1 Å². The number of nitrogens with one attached hydrogen (secondary N) is 2. The van der Waals surface area contributed by atoms with Crippen molar-refractivity contribution in [3.63, 3.8) is 0 Å². The summed E-state index contributed by atoms with van der Waals surface area (Å²) in [6.45, 7) is 7.32. The highest BCUT2D eigenvalue weighted by Gasteiger charge is 2.33. The number of ether oxygens (including phenoxy) is 2. The van der Waals surface area contributed by atoms with Crippen LogP contribution in [0.3, 0.4) is 0 Å². The molecule has 6 heterocycles. The first-order valence-corrected chi connectivity index (χ1v) is 26.3. The van der Waals surface area contributed by atoms with E-state index in [1.807, 2.05) is 56.3 Å². The van der Waals surface area contributed by atoms with Crippen LogP contribution in [0.2, 0.25) is 0 Å². The lowest BCUT2D eigenvalue weighted by atomic mass is 9.96. The molecule has 73 heavy (non-hydrogen) atoms. The first-order valence-electron chi connectivity index (χ1n) is 24.8. The Balaban J connectivity index is 0.754. The Bertz CT molecular complexity index is 3130. The summed E-state index contributed by atoms with van der Waals surface area (Å²) >= 11 is 0. The summed E-state index contributed by atoms with van der Waals surface area (Å²) in [5.41, 5.74) is 4.89. The molecule has 0 aliphatic carbocycles. The Morgan fingerprint density at radius 2 is 1.68 bits per heavy atom.